The van der Waals surface area contributed by atoms with E-state index in [1.807, 2.05) is 19.1 Å². The van der Waals surface area contributed by atoms with Crippen LogP contribution in [0.15, 0.2) is 18.3 Å². The van der Waals surface area contributed by atoms with Crippen LogP contribution in [0.25, 0.3) is 0 Å². The van der Waals surface area contributed by atoms with E-state index in [9.17, 15) is 4.79 Å². The van der Waals surface area contributed by atoms with Gasteiger partial charge in [-0.1, -0.05) is 11.3 Å². The highest BCUT2D eigenvalue weighted by Gasteiger charge is 2.12. The lowest BCUT2D eigenvalue weighted by Gasteiger charge is -2.27. The van der Waals surface area contributed by atoms with Crippen molar-refractivity contribution in [1.82, 2.24) is 20.5 Å². The highest BCUT2D eigenvalue weighted by atomic mass is 32.1. The van der Waals surface area contributed by atoms with Gasteiger partial charge >= 0.3 is 6.03 Å². The van der Waals surface area contributed by atoms with Crippen molar-refractivity contribution in [1.29, 1.82) is 0 Å². The fraction of sp³-hybridized carbons (Fsp3) is 0.467. The van der Waals surface area contributed by atoms with E-state index in [4.69, 9.17) is 0 Å². The minimum Gasteiger partial charge on any atom is -0.357 e. The Morgan fingerprint density at radius 2 is 2.13 bits per heavy atom. The maximum absolute atomic E-state index is 11.9. The number of anilines is 2. The van der Waals surface area contributed by atoms with Crippen LogP contribution in [0.4, 0.5) is 15.7 Å². The summed E-state index contributed by atoms with van der Waals surface area (Å²) in [5.41, 5.74) is 1.03. The predicted octanol–water partition coefficient (Wildman–Crippen LogP) is 2.55. The van der Waals surface area contributed by atoms with E-state index in [1.165, 1.54) is 30.6 Å². The Morgan fingerprint density at radius 3 is 2.87 bits per heavy atom. The Balaban J connectivity index is 1.54. The Labute approximate surface area is 139 Å². The second kappa shape index (κ2) is 7.36. The third-order valence-corrected chi connectivity index (χ3v) is 4.44. The predicted molar refractivity (Wildman–Crippen MR) is 90.8 cm³/mol. The van der Waals surface area contributed by atoms with E-state index >= 15 is 0 Å². The third kappa shape index (κ3) is 4.38. The zero-order valence-electron chi connectivity index (χ0n) is 13.1. The van der Waals surface area contributed by atoms with Crippen molar-refractivity contribution in [3.05, 3.63) is 28.9 Å². The van der Waals surface area contributed by atoms with Gasteiger partial charge in [-0.05, 0) is 43.9 Å². The Bertz CT molecular complexity index is 667. The molecule has 0 aromatic carbocycles. The van der Waals surface area contributed by atoms with Crippen molar-refractivity contribution in [2.45, 2.75) is 32.7 Å². The highest BCUT2D eigenvalue weighted by Crippen LogP contribution is 2.18. The topological polar surface area (TPSA) is 83.0 Å². The van der Waals surface area contributed by atoms with Gasteiger partial charge in [-0.2, -0.15) is 0 Å². The molecule has 0 saturated carbocycles. The molecule has 7 nitrogen and oxygen atoms in total. The fourth-order valence-corrected chi connectivity index (χ4v) is 3.12. The van der Waals surface area contributed by atoms with E-state index < -0.39 is 0 Å². The monoisotopic (exact) mass is 332 g/mol. The molecule has 0 spiro atoms. The van der Waals surface area contributed by atoms with E-state index in [-0.39, 0.29) is 6.03 Å². The average molecular weight is 332 g/mol. The third-order valence-electron chi connectivity index (χ3n) is 3.69. The van der Waals surface area contributed by atoms with Crippen LogP contribution in [0.2, 0.25) is 0 Å². The zero-order chi connectivity index (χ0) is 16.1. The Kier molecular flexibility index (Phi) is 5.02. The minimum absolute atomic E-state index is 0.280. The number of pyridine rings is 1. The molecule has 8 heteroatoms. The van der Waals surface area contributed by atoms with Gasteiger partial charge in [0.15, 0.2) is 0 Å². The van der Waals surface area contributed by atoms with Gasteiger partial charge in [-0.3, -0.25) is 5.32 Å². The smallest absolute Gasteiger partial charge is 0.321 e. The Morgan fingerprint density at radius 1 is 1.30 bits per heavy atom. The van der Waals surface area contributed by atoms with Gasteiger partial charge in [0.25, 0.3) is 0 Å². The molecule has 23 heavy (non-hydrogen) atoms. The number of nitrogens with zero attached hydrogens (tertiary/aromatic N) is 4. The van der Waals surface area contributed by atoms with Crippen LogP contribution in [0.5, 0.6) is 0 Å². The first-order valence-electron chi connectivity index (χ1n) is 7.75. The van der Waals surface area contributed by atoms with Gasteiger partial charge < -0.3 is 10.2 Å². The largest absolute Gasteiger partial charge is 0.357 e. The van der Waals surface area contributed by atoms with Gasteiger partial charge in [0.05, 0.1) is 0 Å². The summed E-state index contributed by atoms with van der Waals surface area (Å²) in [5.74, 6) is 0.990. The number of nitrogens with one attached hydrogen (secondary N) is 2. The van der Waals surface area contributed by atoms with Gasteiger partial charge in [0, 0.05) is 25.8 Å². The van der Waals surface area contributed by atoms with E-state index in [0.29, 0.717) is 11.7 Å². The molecule has 0 atom stereocenters. The van der Waals surface area contributed by atoms with Crippen molar-refractivity contribution in [2.75, 3.05) is 23.3 Å². The van der Waals surface area contributed by atoms with Crippen molar-refractivity contribution in [2.24, 2.45) is 0 Å². The molecule has 0 aliphatic carbocycles. The first kappa shape index (κ1) is 15.7. The van der Waals surface area contributed by atoms with Gasteiger partial charge in [0.1, 0.15) is 10.8 Å². The van der Waals surface area contributed by atoms with E-state index in [1.54, 1.807) is 6.20 Å². The van der Waals surface area contributed by atoms with Crippen molar-refractivity contribution < 1.29 is 4.79 Å². The number of aryl methyl sites for hydroxylation is 1. The van der Waals surface area contributed by atoms with Crippen LogP contribution >= 0.6 is 11.3 Å². The molecule has 2 aromatic heterocycles. The molecule has 122 valence electrons. The number of carbonyl (C=O) groups is 1. The summed E-state index contributed by atoms with van der Waals surface area (Å²) in [4.78, 5) is 18.6. The molecular weight excluding hydrogens is 312 g/mol. The SMILES string of the molecule is Cc1nnc(NC(=O)NCc2ccnc(N3CCCCC3)c2)s1. The fourth-order valence-electron chi connectivity index (χ4n) is 2.54. The second-order valence-electron chi connectivity index (χ2n) is 5.50. The second-order valence-corrected chi connectivity index (χ2v) is 6.69. The molecule has 0 bridgehead atoms. The van der Waals surface area contributed by atoms with Crippen LogP contribution in [0.1, 0.15) is 29.8 Å². The molecule has 0 unspecified atom stereocenters. The molecule has 2 N–H and O–H groups in total. The quantitative estimate of drug-likeness (QED) is 0.899. The van der Waals surface area contributed by atoms with Crippen molar-refractivity contribution >= 4 is 28.3 Å². The number of carbonyl (C=O) groups excluding carboxylic acids is 1. The maximum atomic E-state index is 11.9. The van der Waals surface area contributed by atoms with Crippen molar-refractivity contribution in [3.8, 4) is 0 Å². The first-order chi connectivity index (χ1) is 11.2. The standard InChI is InChI=1S/C15H20N6OS/c1-11-19-20-15(23-11)18-14(22)17-10-12-5-6-16-13(9-12)21-7-3-2-4-8-21/h5-6,9H,2-4,7-8,10H2,1H3,(H2,17,18,20,22). The summed E-state index contributed by atoms with van der Waals surface area (Å²) in [6.07, 6.45) is 5.53. The summed E-state index contributed by atoms with van der Waals surface area (Å²) >= 11 is 1.35. The molecular formula is C15H20N6OS. The summed E-state index contributed by atoms with van der Waals surface area (Å²) in [6.45, 7) is 4.41. The van der Waals surface area contributed by atoms with Gasteiger partial charge in [-0.25, -0.2) is 9.78 Å². The van der Waals surface area contributed by atoms with Crippen LogP contribution in [0, 0.1) is 6.92 Å². The van der Waals surface area contributed by atoms with Crippen LogP contribution in [-0.2, 0) is 6.54 Å². The Hall–Kier alpha value is -2.22. The maximum Gasteiger partial charge on any atom is 0.321 e. The van der Waals surface area contributed by atoms with Crippen LogP contribution < -0.4 is 15.5 Å². The van der Waals surface area contributed by atoms with Gasteiger partial charge in [-0.15, -0.1) is 10.2 Å². The molecule has 2 amide bonds. The van der Waals surface area contributed by atoms with Gasteiger partial charge in [0.2, 0.25) is 5.13 Å². The lowest BCUT2D eigenvalue weighted by molar-refractivity contribution is 0.251. The van der Waals surface area contributed by atoms with E-state index in [2.05, 4.69) is 30.7 Å². The summed E-state index contributed by atoms with van der Waals surface area (Å²) in [5, 5.41) is 14.6. The molecule has 1 saturated heterocycles. The molecule has 1 aliphatic rings. The number of hydrogen-bond donors (Lipinski definition) is 2. The normalized spacial score (nSPS) is 14.6. The number of piperidine rings is 1. The van der Waals surface area contributed by atoms with E-state index in [0.717, 1.165) is 29.5 Å². The molecule has 0 radical (unpaired) electrons. The summed E-state index contributed by atoms with van der Waals surface area (Å²) < 4.78 is 0. The average Bonchev–Trinajstić information content (AvgIpc) is 2.99. The number of hydrogen-bond acceptors (Lipinski definition) is 6. The lowest BCUT2D eigenvalue weighted by Crippen LogP contribution is -2.31. The lowest BCUT2D eigenvalue weighted by atomic mass is 10.1. The molecule has 3 heterocycles. The zero-order valence-corrected chi connectivity index (χ0v) is 13.9. The molecule has 1 fully saturated rings. The first-order valence-corrected chi connectivity index (χ1v) is 8.57. The number of aromatic nitrogens is 3. The number of rotatable bonds is 4. The van der Waals surface area contributed by atoms with Crippen LogP contribution in [-0.4, -0.2) is 34.3 Å². The summed E-state index contributed by atoms with van der Waals surface area (Å²) in [6, 6.07) is 3.68. The van der Waals surface area contributed by atoms with Crippen molar-refractivity contribution in [3.63, 3.8) is 0 Å². The molecule has 2 aromatic rings. The van der Waals surface area contributed by atoms with Crippen LogP contribution in [0.3, 0.4) is 0 Å². The molecule has 1 aliphatic heterocycles. The number of urea groups is 1. The molecule has 3 rings (SSSR count). The number of amides is 2. The summed E-state index contributed by atoms with van der Waals surface area (Å²) in [7, 11) is 0. The minimum atomic E-state index is -0.280. The highest BCUT2D eigenvalue weighted by molar-refractivity contribution is 7.15.